The van der Waals surface area contributed by atoms with Crippen LogP contribution in [0.3, 0.4) is 0 Å². The van der Waals surface area contributed by atoms with Crippen molar-refractivity contribution in [2.75, 3.05) is 13.2 Å². The van der Waals surface area contributed by atoms with Crippen LogP contribution in [0.4, 0.5) is 0 Å². The summed E-state index contributed by atoms with van der Waals surface area (Å²) in [6.07, 6.45) is 5.51. The molecule has 0 aromatic heterocycles. The number of nitrogens with two attached hydrogens (primary N) is 2. The molecular weight excluding hydrogens is 398 g/mol. The van der Waals surface area contributed by atoms with Crippen molar-refractivity contribution in [1.29, 1.82) is 0 Å². The molecule has 0 atom stereocenters. The number of nitrogens with zero attached hydrogens (tertiary/aromatic N) is 3. The van der Waals surface area contributed by atoms with Crippen LogP contribution in [-0.4, -0.2) is 35.9 Å². The van der Waals surface area contributed by atoms with Gasteiger partial charge in [-0.05, 0) is 56.7 Å². The Balaban J connectivity index is 0.00000243. The molecule has 0 spiro atoms. The summed E-state index contributed by atoms with van der Waals surface area (Å²) in [6.45, 7) is 4.79. The number of aryl methyl sites for hydroxylation is 1. The maximum Gasteiger partial charge on any atom is 0.226 e. The van der Waals surface area contributed by atoms with Gasteiger partial charge in [0.15, 0.2) is 5.66 Å². The molecule has 1 aromatic rings. The minimum Gasteiger partial charge on any atom is -0.493 e. The van der Waals surface area contributed by atoms with E-state index >= 15 is 0 Å². The van der Waals surface area contributed by atoms with Crippen molar-refractivity contribution in [2.45, 2.75) is 51.6 Å². The molecule has 0 saturated carbocycles. The second kappa shape index (κ2) is 8.73. The van der Waals surface area contributed by atoms with Gasteiger partial charge in [0.2, 0.25) is 11.9 Å². The van der Waals surface area contributed by atoms with E-state index in [-0.39, 0.29) is 28.9 Å². The van der Waals surface area contributed by atoms with Gasteiger partial charge in [0.25, 0.3) is 0 Å². The first kappa shape index (κ1) is 20.5. The fourth-order valence-corrected chi connectivity index (χ4v) is 3.30. The lowest BCUT2D eigenvalue weighted by Crippen LogP contribution is -2.53. The van der Waals surface area contributed by atoms with E-state index in [9.17, 15) is 0 Å². The van der Waals surface area contributed by atoms with Crippen LogP contribution >= 0.6 is 17.0 Å². The van der Waals surface area contributed by atoms with Crippen molar-refractivity contribution in [3.63, 3.8) is 0 Å². The molecule has 2 aliphatic rings. The van der Waals surface area contributed by atoms with Crippen LogP contribution in [0, 0.1) is 0 Å². The van der Waals surface area contributed by atoms with E-state index in [4.69, 9.17) is 21.0 Å². The maximum absolute atomic E-state index is 5.98. The highest BCUT2D eigenvalue weighted by Crippen LogP contribution is 2.29. The Morgan fingerprint density at radius 1 is 1.15 bits per heavy atom. The van der Waals surface area contributed by atoms with Crippen LogP contribution in [0.5, 0.6) is 5.75 Å². The Hall–Kier alpha value is -1.80. The standard InChI is InChI=1S/C18H27N5O2.BrH/c1-18(2)22-16(19)21-17(20)23(18)25-12-6-11-24-15-10-5-8-13-7-3-4-9-14(13)15;/h5,8,10H,3-4,6-7,9,11-12H2,1-2H3,(H4,19,20,21,22);1H. The predicted octanol–water partition coefficient (Wildman–Crippen LogP) is 2.52. The van der Waals surface area contributed by atoms with Gasteiger partial charge in [0.05, 0.1) is 13.2 Å². The second-order valence-corrected chi connectivity index (χ2v) is 6.86. The number of hydrogen-bond acceptors (Lipinski definition) is 7. The molecule has 144 valence electrons. The summed E-state index contributed by atoms with van der Waals surface area (Å²) in [5, 5.41) is 1.49. The van der Waals surface area contributed by atoms with Crippen molar-refractivity contribution in [3.8, 4) is 5.75 Å². The molecule has 0 saturated heterocycles. The largest absolute Gasteiger partial charge is 0.493 e. The molecule has 0 unspecified atom stereocenters. The van der Waals surface area contributed by atoms with E-state index in [0.29, 0.717) is 13.2 Å². The van der Waals surface area contributed by atoms with Gasteiger partial charge >= 0.3 is 0 Å². The highest BCUT2D eigenvalue weighted by molar-refractivity contribution is 8.93. The van der Waals surface area contributed by atoms with Crippen molar-refractivity contribution in [3.05, 3.63) is 29.3 Å². The van der Waals surface area contributed by atoms with E-state index in [1.807, 2.05) is 13.8 Å². The third-order valence-electron chi connectivity index (χ3n) is 4.44. The van der Waals surface area contributed by atoms with Crippen LogP contribution in [-0.2, 0) is 17.7 Å². The highest BCUT2D eigenvalue weighted by atomic mass is 79.9. The minimum atomic E-state index is -0.671. The summed E-state index contributed by atoms with van der Waals surface area (Å²) in [5.74, 6) is 1.39. The molecule has 26 heavy (non-hydrogen) atoms. The average Bonchev–Trinajstić information content (AvgIpc) is 2.56. The topological polar surface area (TPSA) is 98.5 Å². The zero-order valence-electron chi connectivity index (χ0n) is 15.4. The first-order valence-electron chi connectivity index (χ1n) is 8.83. The Morgan fingerprint density at radius 3 is 2.69 bits per heavy atom. The van der Waals surface area contributed by atoms with Gasteiger partial charge in [0.1, 0.15) is 5.75 Å². The van der Waals surface area contributed by atoms with Gasteiger partial charge in [-0.3, -0.25) is 4.84 Å². The second-order valence-electron chi connectivity index (χ2n) is 6.86. The van der Waals surface area contributed by atoms with Crippen LogP contribution in [0.1, 0.15) is 44.2 Å². The summed E-state index contributed by atoms with van der Waals surface area (Å²) in [7, 11) is 0. The number of hydroxylamine groups is 2. The fourth-order valence-electron chi connectivity index (χ4n) is 3.30. The number of fused-ring (bicyclic) bond motifs is 1. The Morgan fingerprint density at radius 2 is 1.92 bits per heavy atom. The summed E-state index contributed by atoms with van der Waals surface area (Å²) < 4.78 is 5.98. The van der Waals surface area contributed by atoms with Gasteiger partial charge in [-0.15, -0.1) is 17.0 Å². The Labute approximate surface area is 165 Å². The normalized spacial score (nSPS) is 18.3. The van der Waals surface area contributed by atoms with Gasteiger partial charge in [-0.2, -0.15) is 10.1 Å². The molecular formula is C18H28BrN5O2. The summed E-state index contributed by atoms with van der Waals surface area (Å²) in [6, 6.07) is 6.34. The third kappa shape index (κ3) is 4.67. The lowest BCUT2D eigenvalue weighted by atomic mass is 9.91. The van der Waals surface area contributed by atoms with E-state index < -0.39 is 5.66 Å². The monoisotopic (exact) mass is 425 g/mol. The minimum absolute atomic E-state index is 0. The van der Waals surface area contributed by atoms with Crippen molar-refractivity contribution in [2.24, 2.45) is 21.5 Å². The lowest BCUT2D eigenvalue weighted by molar-refractivity contribution is -0.158. The SMILES string of the molecule is Br.CC1(C)N=C(N)N=C(N)N1OCCCOc1cccc2c1CCCC2. The first-order valence-corrected chi connectivity index (χ1v) is 8.83. The van der Waals surface area contributed by atoms with E-state index in [0.717, 1.165) is 25.0 Å². The number of aliphatic imine (C=N–C) groups is 2. The van der Waals surface area contributed by atoms with Crippen LogP contribution in [0.2, 0.25) is 0 Å². The summed E-state index contributed by atoms with van der Waals surface area (Å²) in [5.41, 5.74) is 13.6. The lowest BCUT2D eigenvalue weighted by Gasteiger charge is -2.36. The number of ether oxygens (including phenoxy) is 1. The number of benzene rings is 1. The van der Waals surface area contributed by atoms with E-state index in [1.54, 1.807) is 0 Å². The van der Waals surface area contributed by atoms with Crippen LogP contribution in [0.15, 0.2) is 28.2 Å². The molecule has 0 amide bonds. The van der Waals surface area contributed by atoms with Gasteiger partial charge in [0, 0.05) is 6.42 Å². The molecule has 4 N–H and O–H groups in total. The zero-order chi connectivity index (χ0) is 17.9. The van der Waals surface area contributed by atoms with E-state index in [2.05, 4.69) is 28.2 Å². The molecule has 1 heterocycles. The smallest absolute Gasteiger partial charge is 0.226 e. The molecule has 7 nitrogen and oxygen atoms in total. The zero-order valence-corrected chi connectivity index (χ0v) is 17.1. The summed E-state index contributed by atoms with van der Waals surface area (Å²) in [4.78, 5) is 13.9. The van der Waals surface area contributed by atoms with Crippen LogP contribution in [0.25, 0.3) is 0 Å². The Kier molecular flexibility index (Phi) is 6.88. The predicted molar refractivity (Wildman–Crippen MR) is 109 cm³/mol. The first-order chi connectivity index (χ1) is 12.0. The number of rotatable bonds is 6. The van der Waals surface area contributed by atoms with Crippen LogP contribution < -0.4 is 16.2 Å². The number of hydrogen-bond donors (Lipinski definition) is 2. The molecule has 0 bridgehead atoms. The maximum atomic E-state index is 5.98. The Bertz CT molecular complexity index is 690. The molecule has 0 radical (unpaired) electrons. The van der Waals surface area contributed by atoms with Crippen molar-refractivity contribution < 1.29 is 9.57 Å². The van der Waals surface area contributed by atoms with E-state index in [1.165, 1.54) is 29.0 Å². The molecule has 8 heteroatoms. The van der Waals surface area contributed by atoms with Crippen molar-refractivity contribution >= 4 is 28.9 Å². The summed E-state index contributed by atoms with van der Waals surface area (Å²) >= 11 is 0. The van der Waals surface area contributed by atoms with Gasteiger partial charge in [-0.1, -0.05) is 12.1 Å². The molecule has 1 aliphatic carbocycles. The average molecular weight is 426 g/mol. The number of halogens is 1. The third-order valence-corrected chi connectivity index (χ3v) is 4.44. The molecule has 1 aliphatic heterocycles. The van der Waals surface area contributed by atoms with Crippen molar-refractivity contribution in [1.82, 2.24) is 5.06 Å². The molecule has 1 aromatic carbocycles. The highest BCUT2D eigenvalue weighted by Gasteiger charge is 2.32. The fraction of sp³-hybridized carbons (Fsp3) is 0.556. The molecule has 0 fully saturated rings. The molecule has 3 rings (SSSR count). The van der Waals surface area contributed by atoms with Gasteiger partial charge in [-0.25, -0.2) is 4.99 Å². The quantitative estimate of drug-likeness (QED) is 0.682. The van der Waals surface area contributed by atoms with Gasteiger partial charge < -0.3 is 16.2 Å². The number of guanidine groups is 2.